The lowest BCUT2D eigenvalue weighted by atomic mass is 10.2. The van der Waals surface area contributed by atoms with Crippen molar-refractivity contribution in [1.82, 2.24) is 10.1 Å². The van der Waals surface area contributed by atoms with Gasteiger partial charge in [-0.2, -0.15) is 0 Å². The standard InChI is InChI=1S/C19H27N5O4/c1-19(2,3)27-18(26)24-10-8-23(9-11-24)13-4-5-14-15(12-13)28-22-17(14)21-7-6-16(20)25/h4-5,12H,6-11H2,1-3H3,(H2,20,25)(H,21,22). The average Bonchev–Trinajstić information content (AvgIpc) is 3.02. The van der Waals surface area contributed by atoms with Gasteiger partial charge in [0.25, 0.3) is 0 Å². The van der Waals surface area contributed by atoms with Crippen LogP contribution >= 0.6 is 0 Å². The lowest BCUT2D eigenvalue weighted by molar-refractivity contribution is -0.117. The molecule has 3 N–H and O–H groups in total. The van der Waals surface area contributed by atoms with Crippen LogP contribution in [0.2, 0.25) is 0 Å². The molecule has 1 aromatic carbocycles. The first kappa shape index (κ1) is 19.8. The Kier molecular flexibility index (Phi) is 5.62. The Labute approximate surface area is 163 Å². The van der Waals surface area contributed by atoms with E-state index in [4.69, 9.17) is 15.0 Å². The molecule has 2 amide bonds. The van der Waals surface area contributed by atoms with Gasteiger partial charge < -0.3 is 30.1 Å². The van der Waals surface area contributed by atoms with Gasteiger partial charge in [0.05, 0.1) is 5.39 Å². The monoisotopic (exact) mass is 389 g/mol. The van der Waals surface area contributed by atoms with Crippen LogP contribution in [0.1, 0.15) is 27.2 Å². The predicted molar refractivity (Wildman–Crippen MR) is 106 cm³/mol. The Morgan fingerprint density at radius 1 is 1.25 bits per heavy atom. The SMILES string of the molecule is CC(C)(C)OC(=O)N1CCN(c2ccc3c(NCCC(N)=O)noc3c2)CC1. The highest BCUT2D eigenvalue weighted by molar-refractivity contribution is 5.90. The first-order chi connectivity index (χ1) is 13.2. The van der Waals surface area contributed by atoms with E-state index in [2.05, 4.69) is 15.4 Å². The lowest BCUT2D eigenvalue weighted by Crippen LogP contribution is -2.50. The zero-order valence-corrected chi connectivity index (χ0v) is 16.5. The second kappa shape index (κ2) is 7.95. The Hall–Kier alpha value is -2.97. The highest BCUT2D eigenvalue weighted by Crippen LogP contribution is 2.28. The molecule has 152 valence electrons. The number of carbonyl (C=O) groups is 2. The van der Waals surface area contributed by atoms with Crippen molar-refractivity contribution in [2.24, 2.45) is 5.73 Å². The van der Waals surface area contributed by atoms with E-state index in [1.807, 2.05) is 39.0 Å². The van der Waals surface area contributed by atoms with Gasteiger partial charge in [-0.1, -0.05) is 5.16 Å². The highest BCUT2D eigenvalue weighted by Gasteiger charge is 2.26. The van der Waals surface area contributed by atoms with Crippen LogP contribution in [-0.4, -0.2) is 60.4 Å². The Morgan fingerprint density at radius 3 is 2.61 bits per heavy atom. The number of fused-ring (bicyclic) bond motifs is 1. The summed E-state index contributed by atoms with van der Waals surface area (Å²) in [7, 11) is 0. The molecule has 0 unspecified atom stereocenters. The van der Waals surface area contributed by atoms with E-state index >= 15 is 0 Å². The van der Waals surface area contributed by atoms with E-state index in [0.717, 1.165) is 11.1 Å². The molecular weight excluding hydrogens is 362 g/mol. The molecular formula is C19H27N5O4. The van der Waals surface area contributed by atoms with Crippen molar-refractivity contribution in [3.8, 4) is 0 Å². The minimum absolute atomic E-state index is 0.231. The third kappa shape index (κ3) is 4.85. The number of anilines is 2. The van der Waals surface area contributed by atoms with Crippen LogP contribution in [0.4, 0.5) is 16.3 Å². The van der Waals surface area contributed by atoms with Crippen LogP contribution in [0.25, 0.3) is 11.0 Å². The summed E-state index contributed by atoms with van der Waals surface area (Å²) >= 11 is 0. The molecule has 1 aliphatic rings. The fraction of sp³-hybridized carbons (Fsp3) is 0.526. The van der Waals surface area contributed by atoms with Gasteiger partial charge >= 0.3 is 6.09 Å². The van der Waals surface area contributed by atoms with Gasteiger partial charge in [-0.15, -0.1) is 0 Å². The number of benzene rings is 1. The van der Waals surface area contributed by atoms with Crippen LogP contribution < -0.4 is 16.0 Å². The van der Waals surface area contributed by atoms with E-state index in [-0.39, 0.29) is 18.4 Å². The number of nitrogens with one attached hydrogen (secondary N) is 1. The van der Waals surface area contributed by atoms with Gasteiger partial charge in [0, 0.05) is 50.9 Å². The summed E-state index contributed by atoms with van der Waals surface area (Å²) in [4.78, 5) is 27.0. The van der Waals surface area contributed by atoms with Crippen molar-refractivity contribution in [3.63, 3.8) is 0 Å². The zero-order chi connectivity index (χ0) is 20.3. The first-order valence-electron chi connectivity index (χ1n) is 9.37. The number of carbonyl (C=O) groups excluding carboxylic acids is 2. The fourth-order valence-electron chi connectivity index (χ4n) is 3.03. The smallest absolute Gasteiger partial charge is 0.410 e. The zero-order valence-electron chi connectivity index (χ0n) is 16.5. The first-order valence-corrected chi connectivity index (χ1v) is 9.37. The van der Waals surface area contributed by atoms with Crippen LogP contribution in [-0.2, 0) is 9.53 Å². The van der Waals surface area contributed by atoms with Gasteiger partial charge in [0.1, 0.15) is 5.60 Å². The van der Waals surface area contributed by atoms with Crippen LogP contribution in [0.15, 0.2) is 22.7 Å². The molecule has 1 saturated heterocycles. The fourth-order valence-corrected chi connectivity index (χ4v) is 3.03. The minimum Gasteiger partial charge on any atom is -0.444 e. The third-order valence-corrected chi connectivity index (χ3v) is 4.42. The number of nitrogens with two attached hydrogens (primary N) is 1. The lowest BCUT2D eigenvalue weighted by Gasteiger charge is -2.36. The van der Waals surface area contributed by atoms with Crippen molar-refractivity contribution in [2.45, 2.75) is 32.8 Å². The van der Waals surface area contributed by atoms with E-state index in [0.29, 0.717) is 44.1 Å². The van der Waals surface area contributed by atoms with E-state index < -0.39 is 5.60 Å². The molecule has 2 aromatic rings. The molecule has 2 heterocycles. The second-order valence-electron chi connectivity index (χ2n) is 7.81. The minimum atomic E-state index is -0.491. The molecule has 0 atom stereocenters. The topological polar surface area (TPSA) is 114 Å². The quantitative estimate of drug-likeness (QED) is 0.805. The van der Waals surface area contributed by atoms with Gasteiger partial charge in [0.15, 0.2) is 11.4 Å². The number of aromatic nitrogens is 1. The van der Waals surface area contributed by atoms with Crippen molar-refractivity contribution in [2.75, 3.05) is 42.9 Å². The van der Waals surface area contributed by atoms with Gasteiger partial charge in [-0.05, 0) is 32.9 Å². The van der Waals surface area contributed by atoms with Crippen molar-refractivity contribution < 1.29 is 18.8 Å². The third-order valence-electron chi connectivity index (χ3n) is 4.42. The molecule has 1 fully saturated rings. The molecule has 9 heteroatoms. The van der Waals surface area contributed by atoms with Gasteiger partial charge in [-0.25, -0.2) is 4.79 Å². The van der Waals surface area contributed by atoms with Crippen molar-refractivity contribution >= 4 is 34.5 Å². The molecule has 0 radical (unpaired) electrons. The largest absolute Gasteiger partial charge is 0.444 e. The predicted octanol–water partition coefficient (Wildman–Crippen LogP) is 2.17. The number of amides is 2. The molecule has 0 spiro atoms. The summed E-state index contributed by atoms with van der Waals surface area (Å²) in [6, 6.07) is 5.88. The highest BCUT2D eigenvalue weighted by atomic mass is 16.6. The maximum atomic E-state index is 12.2. The van der Waals surface area contributed by atoms with Crippen molar-refractivity contribution in [1.29, 1.82) is 0 Å². The molecule has 1 aromatic heterocycles. The second-order valence-corrected chi connectivity index (χ2v) is 7.81. The molecule has 1 aliphatic heterocycles. The van der Waals surface area contributed by atoms with E-state index in [1.54, 1.807) is 4.90 Å². The number of hydrogen-bond donors (Lipinski definition) is 2. The molecule has 28 heavy (non-hydrogen) atoms. The van der Waals surface area contributed by atoms with Crippen molar-refractivity contribution in [3.05, 3.63) is 18.2 Å². The Morgan fingerprint density at radius 2 is 1.96 bits per heavy atom. The summed E-state index contributed by atoms with van der Waals surface area (Å²) in [5.41, 5.74) is 6.32. The van der Waals surface area contributed by atoms with Crippen LogP contribution in [0, 0.1) is 0 Å². The van der Waals surface area contributed by atoms with E-state index in [9.17, 15) is 9.59 Å². The maximum absolute atomic E-state index is 12.2. The number of rotatable bonds is 5. The summed E-state index contributed by atoms with van der Waals surface area (Å²) in [6.45, 7) is 8.63. The number of nitrogens with zero attached hydrogens (tertiary/aromatic N) is 3. The van der Waals surface area contributed by atoms with Crippen LogP contribution in [0.3, 0.4) is 0 Å². The molecule has 0 saturated carbocycles. The molecule has 0 bridgehead atoms. The Bertz CT molecular complexity index is 850. The van der Waals surface area contributed by atoms with E-state index in [1.165, 1.54) is 0 Å². The molecule has 3 rings (SSSR count). The van der Waals surface area contributed by atoms with Gasteiger partial charge in [0.2, 0.25) is 5.91 Å². The average molecular weight is 389 g/mol. The van der Waals surface area contributed by atoms with Gasteiger partial charge in [-0.3, -0.25) is 4.79 Å². The maximum Gasteiger partial charge on any atom is 0.410 e. The molecule has 0 aliphatic carbocycles. The summed E-state index contributed by atoms with van der Waals surface area (Å²) in [5.74, 6) is 0.227. The molecule has 9 nitrogen and oxygen atoms in total. The summed E-state index contributed by atoms with van der Waals surface area (Å²) in [6.07, 6.45) is -0.0431. The Balaban J connectivity index is 1.61. The number of primary amides is 1. The number of piperazine rings is 1. The van der Waals surface area contributed by atoms with Crippen LogP contribution in [0.5, 0.6) is 0 Å². The summed E-state index contributed by atoms with van der Waals surface area (Å²) in [5, 5.41) is 7.93. The number of ether oxygens (including phenoxy) is 1. The summed E-state index contributed by atoms with van der Waals surface area (Å²) < 4.78 is 10.8. The normalized spacial score (nSPS) is 15.0. The number of hydrogen-bond acceptors (Lipinski definition) is 7.